The molecule has 4 saturated carbocycles. The van der Waals surface area contributed by atoms with E-state index in [0.717, 1.165) is 23.7 Å². The van der Waals surface area contributed by atoms with Crippen LogP contribution in [0.2, 0.25) is 0 Å². The summed E-state index contributed by atoms with van der Waals surface area (Å²) in [6.07, 6.45) is 8.27. The van der Waals surface area contributed by atoms with Crippen LogP contribution >= 0.6 is 0 Å². The van der Waals surface area contributed by atoms with Crippen LogP contribution < -0.4 is 4.90 Å². The van der Waals surface area contributed by atoms with Gasteiger partial charge in [-0.2, -0.15) is 0 Å². The third kappa shape index (κ3) is 4.42. The molecule has 0 heterocycles. The van der Waals surface area contributed by atoms with Gasteiger partial charge in [-0.05, 0) is 187 Å². The summed E-state index contributed by atoms with van der Waals surface area (Å²) in [7, 11) is 0. The molecule has 0 amide bonds. The van der Waals surface area contributed by atoms with Gasteiger partial charge in [0, 0.05) is 16.8 Å². The summed E-state index contributed by atoms with van der Waals surface area (Å²) in [5.74, 6) is 3.61. The molecule has 6 atom stereocenters. The van der Waals surface area contributed by atoms with E-state index in [-0.39, 0.29) is 16.2 Å². The Hall–Kier alpha value is -5.40. The van der Waals surface area contributed by atoms with Gasteiger partial charge in [-0.15, -0.1) is 0 Å². The smallest absolute Gasteiger partial charge is 0.0502 e. The molecular formula is C58H53N. The quantitative estimate of drug-likeness (QED) is 0.169. The lowest BCUT2D eigenvalue weighted by molar-refractivity contribution is -0.231. The Morgan fingerprint density at radius 3 is 1.85 bits per heavy atom. The van der Waals surface area contributed by atoms with Crippen molar-refractivity contribution in [2.75, 3.05) is 4.90 Å². The zero-order chi connectivity index (χ0) is 39.5. The monoisotopic (exact) mass is 763 g/mol. The molecule has 7 aromatic rings. The molecule has 59 heavy (non-hydrogen) atoms. The van der Waals surface area contributed by atoms with Crippen LogP contribution in [0.15, 0.2) is 152 Å². The van der Waals surface area contributed by atoms with E-state index in [1.165, 1.54) is 111 Å². The molecule has 6 unspecified atom stereocenters. The largest absolute Gasteiger partial charge is 0.310 e. The number of benzene rings is 7. The maximum Gasteiger partial charge on any atom is 0.0502 e. The molecule has 6 aliphatic carbocycles. The molecule has 7 aromatic carbocycles. The Bertz CT molecular complexity index is 2880. The summed E-state index contributed by atoms with van der Waals surface area (Å²) >= 11 is 0. The molecule has 2 bridgehead atoms. The molecule has 4 fully saturated rings. The van der Waals surface area contributed by atoms with Crippen molar-refractivity contribution in [3.8, 4) is 33.4 Å². The minimum Gasteiger partial charge on any atom is -0.310 e. The lowest BCUT2D eigenvalue weighted by Gasteiger charge is -2.76. The van der Waals surface area contributed by atoms with Crippen LogP contribution in [-0.4, -0.2) is 0 Å². The van der Waals surface area contributed by atoms with Crippen molar-refractivity contribution in [3.63, 3.8) is 0 Å². The van der Waals surface area contributed by atoms with E-state index in [0.29, 0.717) is 5.41 Å². The van der Waals surface area contributed by atoms with Gasteiger partial charge in [0.1, 0.15) is 0 Å². The summed E-state index contributed by atoms with van der Waals surface area (Å²) < 4.78 is 0. The molecule has 1 heteroatoms. The molecule has 0 N–H and O–H groups in total. The SMILES string of the molecule is CC1(C)CCC(C)(C)c2c(N(c3ccc(-c4ccc5c(c4)C4(c6ccccc6-5)C5CC6CC7CC4C75C6)cc3)c3ccc(-c4ccc5ccccc5c4)cc3)cccc21. The highest BCUT2D eigenvalue weighted by atomic mass is 15.1. The Balaban J connectivity index is 0.914. The molecule has 1 nitrogen and oxygen atoms in total. The minimum atomic E-state index is 0.0575. The standard InChI is InChI=1S/C58H53N/c1-55(2)28-29-56(3,4)54-49(55)14-9-15-51(54)59(44-23-18-38(19-24-44)41-17-16-37-10-5-6-11-40(37)32-41)45-25-20-39(21-26-45)42-22-27-47-46-12-7-8-13-48(46)58(50(47)33-42)52-31-36-30-43-34-53(58)57(43,52)35-36/h5-27,32-33,36,43,52-53H,28-31,34-35H2,1-4H3. The molecule has 290 valence electrons. The number of hydrogen-bond acceptors (Lipinski definition) is 1. The first-order chi connectivity index (χ1) is 28.7. The van der Waals surface area contributed by atoms with Crippen molar-refractivity contribution >= 4 is 27.8 Å². The summed E-state index contributed by atoms with van der Waals surface area (Å²) in [4.78, 5) is 2.54. The van der Waals surface area contributed by atoms with Crippen LogP contribution in [0.1, 0.15) is 88.5 Å². The zero-order valence-corrected chi connectivity index (χ0v) is 34.9. The first kappa shape index (κ1) is 34.5. The summed E-state index contributed by atoms with van der Waals surface area (Å²) in [5.41, 5.74) is 19.2. The molecule has 2 spiro atoms. The van der Waals surface area contributed by atoms with E-state index in [9.17, 15) is 0 Å². The topological polar surface area (TPSA) is 3.24 Å². The molecule has 6 aliphatic rings. The van der Waals surface area contributed by atoms with E-state index < -0.39 is 0 Å². The number of fused-ring (bicyclic) bond motifs is 10. The second-order valence-corrected chi connectivity index (χ2v) is 20.8. The van der Waals surface area contributed by atoms with Crippen molar-refractivity contribution in [2.24, 2.45) is 29.1 Å². The number of anilines is 3. The Morgan fingerprint density at radius 1 is 0.475 bits per heavy atom. The molecular weight excluding hydrogens is 711 g/mol. The summed E-state index contributed by atoms with van der Waals surface area (Å²) in [6, 6.07) is 58.4. The van der Waals surface area contributed by atoms with E-state index in [1.807, 2.05) is 0 Å². The summed E-state index contributed by atoms with van der Waals surface area (Å²) in [5, 5.41) is 2.55. The lowest BCUT2D eigenvalue weighted by atomic mass is 9.27. The van der Waals surface area contributed by atoms with Crippen molar-refractivity contribution in [1.29, 1.82) is 0 Å². The van der Waals surface area contributed by atoms with Gasteiger partial charge in [-0.1, -0.05) is 137 Å². The molecule has 0 radical (unpaired) electrons. The predicted molar refractivity (Wildman–Crippen MR) is 246 cm³/mol. The van der Waals surface area contributed by atoms with Crippen molar-refractivity contribution in [2.45, 2.75) is 82.5 Å². The maximum atomic E-state index is 2.64. The van der Waals surface area contributed by atoms with Crippen molar-refractivity contribution in [1.82, 2.24) is 0 Å². The van der Waals surface area contributed by atoms with Crippen LogP contribution in [0, 0.1) is 29.1 Å². The molecule has 0 aliphatic heterocycles. The zero-order valence-electron chi connectivity index (χ0n) is 34.9. The van der Waals surface area contributed by atoms with Gasteiger partial charge in [-0.3, -0.25) is 0 Å². The Labute approximate surface area is 350 Å². The average Bonchev–Trinajstić information content (AvgIpc) is 3.90. The van der Waals surface area contributed by atoms with Crippen LogP contribution in [0.3, 0.4) is 0 Å². The second kappa shape index (κ2) is 11.7. The highest BCUT2D eigenvalue weighted by Gasteiger charge is 2.84. The average molecular weight is 764 g/mol. The number of hydrogen-bond donors (Lipinski definition) is 0. The van der Waals surface area contributed by atoms with Crippen LogP contribution in [0.25, 0.3) is 44.2 Å². The van der Waals surface area contributed by atoms with E-state index in [4.69, 9.17) is 0 Å². The third-order valence-electron chi connectivity index (χ3n) is 17.4. The van der Waals surface area contributed by atoms with Gasteiger partial charge in [0.15, 0.2) is 0 Å². The highest BCUT2D eigenvalue weighted by molar-refractivity contribution is 5.89. The maximum absolute atomic E-state index is 2.64. The number of nitrogens with zero attached hydrogens (tertiary/aromatic N) is 1. The molecule has 0 saturated heterocycles. The number of rotatable bonds is 5. The Morgan fingerprint density at radius 2 is 1.08 bits per heavy atom. The summed E-state index contributed by atoms with van der Waals surface area (Å²) in [6.45, 7) is 9.78. The van der Waals surface area contributed by atoms with Gasteiger partial charge in [-0.25, -0.2) is 0 Å². The van der Waals surface area contributed by atoms with Crippen molar-refractivity contribution < 1.29 is 0 Å². The van der Waals surface area contributed by atoms with Crippen molar-refractivity contribution in [3.05, 3.63) is 174 Å². The van der Waals surface area contributed by atoms with Gasteiger partial charge < -0.3 is 4.90 Å². The normalized spacial score (nSPS) is 28.0. The fourth-order valence-corrected chi connectivity index (χ4v) is 14.8. The van der Waals surface area contributed by atoms with Crippen LogP contribution in [0.4, 0.5) is 17.1 Å². The van der Waals surface area contributed by atoms with E-state index >= 15 is 0 Å². The second-order valence-electron chi connectivity index (χ2n) is 20.8. The van der Waals surface area contributed by atoms with Gasteiger partial charge in [0.05, 0.1) is 5.69 Å². The van der Waals surface area contributed by atoms with E-state index in [2.05, 4.69) is 184 Å². The first-order valence-corrected chi connectivity index (χ1v) is 22.6. The fourth-order valence-electron chi connectivity index (χ4n) is 14.8. The van der Waals surface area contributed by atoms with E-state index in [1.54, 1.807) is 11.1 Å². The van der Waals surface area contributed by atoms with Crippen LogP contribution in [-0.2, 0) is 16.2 Å². The fraction of sp³-hybridized carbons (Fsp3) is 0.310. The highest BCUT2D eigenvalue weighted by Crippen LogP contribution is 2.89. The lowest BCUT2D eigenvalue weighted by Crippen LogP contribution is -2.73. The molecule has 13 rings (SSSR count). The van der Waals surface area contributed by atoms with Gasteiger partial charge >= 0.3 is 0 Å². The predicted octanol–water partition coefficient (Wildman–Crippen LogP) is 15.3. The third-order valence-corrected chi connectivity index (χ3v) is 17.4. The molecule has 0 aromatic heterocycles. The van der Waals surface area contributed by atoms with Crippen LogP contribution in [0.5, 0.6) is 0 Å². The van der Waals surface area contributed by atoms with Gasteiger partial charge in [0.25, 0.3) is 0 Å². The minimum absolute atomic E-state index is 0.0575. The first-order valence-electron chi connectivity index (χ1n) is 22.6. The Kier molecular flexibility index (Phi) is 6.81. The van der Waals surface area contributed by atoms with Gasteiger partial charge in [0.2, 0.25) is 0 Å².